The second-order valence-electron chi connectivity index (χ2n) is 8.07. The number of rotatable bonds is 9. The topological polar surface area (TPSA) is 58.1 Å². The van der Waals surface area contributed by atoms with Crippen molar-refractivity contribution >= 4 is 5.96 Å². The van der Waals surface area contributed by atoms with Crippen LogP contribution < -0.4 is 15.4 Å². The van der Waals surface area contributed by atoms with Crippen molar-refractivity contribution in [3.8, 4) is 5.75 Å². The number of ether oxygens (including phenoxy) is 2. The van der Waals surface area contributed by atoms with Crippen LogP contribution in [0.2, 0.25) is 0 Å². The van der Waals surface area contributed by atoms with Crippen LogP contribution >= 0.6 is 0 Å². The van der Waals surface area contributed by atoms with Gasteiger partial charge in [-0.1, -0.05) is 42.5 Å². The van der Waals surface area contributed by atoms with Gasteiger partial charge in [-0.05, 0) is 43.0 Å². The Morgan fingerprint density at radius 2 is 1.94 bits per heavy atom. The lowest BCUT2D eigenvalue weighted by Crippen LogP contribution is -2.51. The van der Waals surface area contributed by atoms with Crippen LogP contribution in [0.15, 0.2) is 59.6 Å². The van der Waals surface area contributed by atoms with Crippen molar-refractivity contribution in [1.29, 1.82) is 0 Å². The summed E-state index contributed by atoms with van der Waals surface area (Å²) in [6.07, 6.45) is 2.23. The van der Waals surface area contributed by atoms with Gasteiger partial charge < -0.3 is 20.1 Å². The lowest BCUT2D eigenvalue weighted by atomic mass is 9.97. The molecule has 6 nitrogen and oxygen atoms in total. The molecule has 168 valence electrons. The Bertz CT molecular complexity index is 812. The van der Waals surface area contributed by atoms with Crippen LogP contribution in [0, 0.1) is 0 Å². The fraction of sp³-hybridized carbons (Fsp3) is 0.480. The number of hydrogen-bond donors (Lipinski definition) is 2. The zero-order chi connectivity index (χ0) is 21.9. The summed E-state index contributed by atoms with van der Waals surface area (Å²) in [5.41, 5.74) is 2.49. The van der Waals surface area contributed by atoms with Gasteiger partial charge in [-0.2, -0.15) is 0 Å². The Morgan fingerprint density at radius 3 is 2.68 bits per heavy atom. The molecule has 0 aliphatic carbocycles. The van der Waals surface area contributed by atoms with Gasteiger partial charge in [0, 0.05) is 38.8 Å². The quantitative estimate of drug-likeness (QED) is 0.367. The largest absolute Gasteiger partial charge is 0.497 e. The summed E-state index contributed by atoms with van der Waals surface area (Å²) < 4.78 is 11.0. The Balaban J connectivity index is 1.34. The maximum Gasteiger partial charge on any atom is 0.191 e. The van der Waals surface area contributed by atoms with Gasteiger partial charge in [-0.3, -0.25) is 9.89 Å². The minimum absolute atomic E-state index is 0.436. The van der Waals surface area contributed by atoms with E-state index >= 15 is 0 Å². The van der Waals surface area contributed by atoms with Crippen molar-refractivity contribution in [3.05, 3.63) is 65.7 Å². The number of nitrogens with one attached hydrogen (secondary N) is 2. The number of benzene rings is 2. The van der Waals surface area contributed by atoms with Crippen molar-refractivity contribution in [2.45, 2.75) is 45.0 Å². The highest BCUT2D eigenvalue weighted by Crippen LogP contribution is 2.20. The summed E-state index contributed by atoms with van der Waals surface area (Å²) in [7, 11) is 3.50. The molecule has 2 N–H and O–H groups in total. The average Bonchev–Trinajstić information content (AvgIpc) is 2.80. The minimum atomic E-state index is 0.436. The molecule has 2 unspecified atom stereocenters. The number of nitrogens with zero attached hydrogens (tertiary/aromatic N) is 2. The van der Waals surface area contributed by atoms with Gasteiger partial charge in [0.1, 0.15) is 5.75 Å². The lowest BCUT2D eigenvalue weighted by molar-refractivity contribution is 0.124. The molecule has 6 heteroatoms. The Kier molecular flexibility index (Phi) is 9.18. The molecule has 1 saturated heterocycles. The molecular formula is C25H36N4O2. The molecule has 3 rings (SSSR count). The van der Waals surface area contributed by atoms with E-state index in [1.54, 1.807) is 7.11 Å². The van der Waals surface area contributed by atoms with Crippen LogP contribution in [-0.4, -0.2) is 56.8 Å². The summed E-state index contributed by atoms with van der Waals surface area (Å²) in [6, 6.07) is 19.7. The Labute approximate surface area is 186 Å². The molecule has 2 atom stereocenters. The van der Waals surface area contributed by atoms with Gasteiger partial charge in [-0.25, -0.2) is 0 Å². The maximum atomic E-state index is 5.78. The van der Waals surface area contributed by atoms with Crippen LogP contribution in [0.5, 0.6) is 5.75 Å². The standard InChI is InChI=1S/C25H36N4O2/c1-20-16-23(12-14-29(20)18-21-8-5-4-6-9-21)28-25(26-2)27-13-15-31-19-22-10-7-11-24(17-22)30-3/h4-11,17,20,23H,12-16,18-19H2,1-3H3,(H2,26,27,28). The van der Waals surface area contributed by atoms with E-state index in [9.17, 15) is 0 Å². The van der Waals surface area contributed by atoms with Crippen molar-refractivity contribution in [1.82, 2.24) is 15.5 Å². The molecular weight excluding hydrogens is 388 g/mol. The van der Waals surface area contributed by atoms with E-state index in [0.717, 1.165) is 43.2 Å². The Hall–Kier alpha value is -2.57. The molecule has 0 radical (unpaired) electrons. The van der Waals surface area contributed by atoms with Crippen molar-refractivity contribution in [3.63, 3.8) is 0 Å². The molecule has 2 aromatic rings. The van der Waals surface area contributed by atoms with Gasteiger partial charge >= 0.3 is 0 Å². The van der Waals surface area contributed by atoms with Gasteiger partial charge in [0.2, 0.25) is 0 Å². The van der Waals surface area contributed by atoms with E-state index < -0.39 is 0 Å². The van der Waals surface area contributed by atoms with Crippen LogP contribution in [-0.2, 0) is 17.9 Å². The van der Waals surface area contributed by atoms with Gasteiger partial charge in [0.05, 0.1) is 20.3 Å². The molecule has 1 aliphatic rings. The second-order valence-corrected chi connectivity index (χ2v) is 8.07. The molecule has 0 amide bonds. The SMILES string of the molecule is CN=C(NCCOCc1cccc(OC)c1)NC1CCN(Cc2ccccc2)C(C)C1. The summed E-state index contributed by atoms with van der Waals surface area (Å²) in [6.45, 7) is 6.33. The van der Waals surface area contributed by atoms with Crippen LogP contribution in [0.4, 0.5) is 0 Å². The fourth-order valence-corrected chi connectivity index (χ4v) is 3.99. The average molecular weight is 425 g/mol. The second kappa shape index (κ2) is 12.3. The number of piperidine rings is 1. The third kappa shape index (κ3) is 7.56. The van der Waals surface area contributed by atoms with E-state index in [1.807, 2.05) is 31.3 Å². The van der Waals surface area contributed by atoms with E-state index in [2.05, 4.69) is 57.8 Å². The zero-order valence-corrected chi connectivity index (χ0v) is 19.0. The lowest BCUT2D eigenvalue weighted by Gasteiger charge is -2.38. The van der Waals surface area contributed by atoms with E-state index in [4.69, 9.17) is 9.47 Å². The van der Waals surface area contributed by atoms with Crippen LogP contribution in [0.25, 0.3) is 0 Å². The summed E-state index contributed by atoms with van der Waals surface area (Å²) >= 11 is 0. The highest BCUT2D eigenvalue weighted by molar-refractivity contribution is 5.79. The predicted octanol–water partition coefficient (Wildman–Crippen LogP) is 3.43. The first kappa shape index (κ1) is 23.1. The number of guanidine groups is 1. The molecule has 1 fully saturated rings. The molecule has 0 bridgehead atoms. The van der Waals surface area contributed by atoms with Crippen LogP contribution in [0.1, 0.15) is 30.9 Å². The number of hydrogen-bond acceptors (Lipinski definition) is 4. The minimum Gasteiger partial charge on any atom is -0.497 e. The van der Waals surface area contributed by atoms with E-state index in [1.165, 1.54) is 5.56 Å². The van der Waals surface area contributed by atoms with Crippen molar-refractivity contribution in [2.75, 3.05) is 33.9 Å². The summed E-state index contributed by atoms with van der Waals surface area (Å²) in [5.74, 6) is 1.70. The normalized spacial score (nSPS) is 19.8. The number of likely N-dealkylation sites (tertiary alicyclic amines) is 1. The van der Waals surface area contributed by atoms with Gasteiger partial charge in [0.25, 0.3) is 0 Å². The first-order valence-electron chi connectivity index (χ1n) is 11.1. The van der Waals surface area contributed by atoms with Crippen LogP contribution in [0.3, 0.4) is 0 Å². The molecule has 31 heavy (non-hydrogen) atoms. The first-order valence-corrected chi connectivity index (χ1v) is 11.1. The molecule has 0 spiro atoms. The van der Waals surface area contributed by atoms with Crippen molar-refractivity contribution < 1.29 is 9.47 Å². The summed E-state index contributed by atoms with van der Waals surface area (Å²) in [4.78, 5) is 6.95. The van der Waals surface area contributed by atoms with E-state index in [-0.39, 0.29) is 0 Å². The molecule has 2 aromatic carbocycles. The highest BCUT2D eigenvalue weighted by atomic mass is 16.5. The monoisotopic (exact) mass is 424 g/mol. The smallest absolute Gasteiger partial charge is 0.191 e. The number of aliphatic imine (C=N–C) groups is 1. The third-order valence-corrected chi connectivity index (χ3v) is 5.75. The fourth-order valence-electron chi connectivity index (χ4n) is 3.99. The molecule has 0 saturated carbocycles. The zero-order valence-electron chi connectivity index (χ0n) is 19.0. The predicted molar refractivity (Wildman–Crippen MR) is 126 cm³/mol. The first-order chi connectivity index (χ1) is 15.2. The Morgan fingerprint density at radius 1 is 1.13 bits per heavy atom. The van der Waals surface area contributed by atoms with Gasteiger partial charge in [0.15, 0.2) is 5.96 Å². The molecule has 0 aromatic heterocycles. The van der Waals surface area contributed by atoms with Gasteiger partial charge in [-0.15, -0.1) is 0 Å². The maximum absolute atomic E-state index is 5.78. The van der Waals surface area contributed by atoms with E-state index in [0.29, 0.717) is 31.8 Å². The number of methoxy groups -OCH3 is 1. The molecule has 1 aliphatic heterocycles. The molecule has 1 heterocycles. The summed E-state index contributed by atoms with van der Waals surface area (Å²) in [5, 5.41) is 6.95. The van der Waals surface area contributed by atoms with Crippen molar-refractivity contribution in [2.24, 2.45) is 4.99 Å². The highest BCUT2D eigenvalue weighted by Gasteiger charge is 2.25. The third-order valence-electron chi connectivity index (χ3n) is 5.75.